The summed E-state index contributed by atoms with van der Waals surface area (Å²) in [7, 11) is -3.44. The number of benzene rings is 1. The molecule has 1 aliphatic rings. The number of hydrogen-bond acceptors (Lipinski definition) is 10. The van der Waals surface area contributed by atoms with Crippen molar-refractivity contribution in [3.63, 3.8) is 0 Å². The number of carbonyl (C=O) groups excluding carboxylic acids is 2. The lowest BCUT2D eigenvalue weighted by Gasteiger charge is -2.26. The van der Waals surface area contributed by atoms with E-state index < -0.39 is 77.7 Å². The van der Waals surface area contributed by atoms with Gasteiger partial charge in [-0.05, 0) is 36.4 Å². The number of alkyl halides is 6. The highest BCUT2D eigenvalue weighted by Gasteiger charge is 2.39. The third kappa shape index (κ3) is 8.92. The van der Waals surface area contributed by atoms with Gasteiger partial charge in [0.2, 0.25) is 5.82 Å². The number of aromatic nitrogens is 7. The van der Waals surface area contributed by atoms with E-state index in [4.69, 9.17) is 11.6 Å². The second kappa shape index (κ2) is 14.4. The van der Waals surface area contributed by atoms with Crippen molar-refractivity contribution in [2.24, 2.45) is 0 Å². The Kier molecular flexibility index (Phi) is 10.6. The molecule has 0 aliphatic carbocycles. The third-order valence-electron chi connectivity index (χ3n) is 7.45. The summed E-state index contributed by atoms with van der Waals surface area (Å²) >= 11 is 5.93. The van der Waals surface area contributed by atoms with E-state index in [9.17, 15) is 54.3 Å². The van der Waals surface area contributed by atoms with Crippen LogP contribution in [0.5, 0.6) is 0 Å². The van der Waals surface area contributed by atoms with Crippen molar-refractivity contribution in [1.29, 1.82) is 0 Å². The summed E-state index contributed by atoms with van der Waals surface area (Å²) in [6.07, 6.45) is -12.8. The lowest BCUT2D eigenvalue weighted by atomic mass is 10.2. The molecule has 1 aliphatic heterocycles. The molecule has 0 radical (unpaired) electrons. The normalized spacial score (nSPS) is 15.5. The summed E-state index contributed by atoms with van der Waals surface area (Å²) in [5.41, 5.74) is -1.33. The van der Waals surface area contributed by atoms with Crippen LogP contribution in [0.25, 0.3) is 17.2 Å². The number of rotatable bonds is 10. The van der Waals surface area contributed by atoms with Crippen molar-refractivity contribution in [2.75, 3.05) is 31.1 Å². The number of nitrogens with one attached hydrogen (secondary N) is 1. The maximum absolute atomic E-state index is 13.7. The molecule has 2 N–H and O–H groups in total. The topological polar surface area (TPSA) is 187 Å². The fraction of sp³-hybridized carbons (Fsp3) is 0.393. The Hall–Kier alpha value is -4.83. The fourth-order valence-electron chi connectivity index (χ4n) is 4.85. The number of amides is 2. The fourth-order valence-corrected chi connectivity index (χ4v) is 6.18. The minimum absolute atomic E-state index is 0.147. The standard InChI is InChI=1S/C28H26ClF6N9O6S/c29-17-5-3-16(4-6-17)21-40-43(26(48)42(21)14-19(45)28(33,34)35)15-20-38-23(25(47)41-10-12-51(49,50)13-11-41)44(39-20)22-18(2-1-8-36-22)24(46)37-9-7-27(30,31)32/h1-6,8,19,45H,7,9-15H2,(H,37,46)/t19-/m0/s1. The maximum atomic E-state index is 13.7. The van der Waals surface area contributed by atoms with E-state index in [0.29, 0.717) is 9.25 Å². The molecule has 1 fully saturated rings. The van der Waals surface area contributed by atoms with Crippen LogP contribution >= 0.6 is 11.6 Å². The van der Waals surface area contributed by atoms with Crippen molar-refractivity contribution in [2.45, 2.75) is 38.0 Å². The number of hydrogen-bond donors (Lipinski definition) is 2. The Morgan fingerprint density at radius 2 is 1.69 bits per heavy atom. The number of carbonyl (C=O) groups is 2. The highest BCUT2D eigenvalue weighted by atomic mass is 35.5. The zero-order chi connectivity index (χ0) is 37.3. The van der Waals surface area contributed by atoms with Gasteiger partial charge < -0.3 is 15.3 Å². The van der Waals surface area contributed by atoms with Gasteiger partial charge >= 0.3 is 18.0 Å². The summed E-state index contributed by atoms with van der Waals surface area (Å²) < 4.78 is 104. The van der Waals surface area contributed by atoms with E-state index in [1.165, 1.54) is 42.6 Å². The zero-order valence-corrected chi connectivity index (χ0v) is 27.5. The number of sulfone groups is 1. The SMILES string of the molecule is O=C(NCCC(F)(F)F)c1cccnc1-n1nc(Cn2nc(-c3ccc(Cl)cc3)n(C[C@H](O)C(F)(F)F)c2=O)nc1C(=O)N1CCS(=O)(=O)CC1. The summed E-state index contributed by atoms with van der Waals surface area (Å²) in [5, 5.41) is 20.5. The zero-order valence-electron chi connectivity index (χ0n) is 25.9. The average Bonchev–Trinajstić information content (AvgIpc) is 3.61. The van der Waals surface area contributed by atoms with E-state index in [-0.39, 0.29) is 58.2 Å². The maximum Gasteiger partial charge on any atom is 0.416 e. The molecule has 0 unspecified atom stereocenters. The van der Waals surface area contributed by atoms with Gasteiger partial charge in [-0.15, -0.1) is 10.2 Å². The second-order valence-electron chi connectivity index (χ2n) is 11.1. The molecule has 3 aromatic heterocycles. The van der Waals surface area contributed by atoms with Crippen molar-refractivity contribution < 1.29 is 49.5 Å². The molecule has 274 valence electrons. The van der Waals surface area contributed by atoms with Gasteiger partial charge in [-0.25, -0.2) is 27.9 Å². The molecule has 0 spiro atoms. The Morgan fingerprint density at radius 3 is 2.31 bits per heavy atom. The molecule has 1 atom stereocenters. The van der Waals surface area contributed by atoms with E-state index in [1.807, 2.05) is 0 Å². The molecule has 4 heterocycles. The van der Waals surface area contributed by atoms with Crippen LogP contribution in [-0.4, -0.2) is 114 Å². The molecule has 1 aromatic carbocycles. The molecule has 0 saturated carbocycles. The van der Waals surface area contributed by atoms with E-state index in [2.05, 4.69) is 25.5 Å². The summed E-state index contributed by atoms with van der Waals surface area (Å²) in [6, 6.07) is 8.00. The highest BCUT2D eigenvalue weighted by molar-refractivity contribution is 7.91. The molecule has 1 saturated heterocycles. The highest BCUT2D eigenvalue weighted by Crippen LogP contribution is 2.25. The Labute approximate surface area is 288 Å². The lowest BCUT2D eigenvalue weighted by molar-refractivity contribution is -0.207. The van der Waals surface area contributed by atoms with Gasteiger partial charge in [0, 0.05) is 36.4 Å². The summed E-state index contributed by atoms with van der Waals surface area (Å²) in [5.74, 6) is -4.22. The van der Waals surface area contributed by atoms with Gasteiger partial charge in [0.25, 0.3) is 11.8 Å². The van der Waals surface area contributed by atoms with Crippen LogP contribution in [0.1, 0.15) is 33.2 Å². The van der Waals surface area contributed by atoms with Gasteiger partial charge in [-0.3, -0.25) is 14.2 Å². The van der Waals surface area contributed by atoms with Gasteiger partial charge in [0.15, 0.2) is 33.4 Å². The molecule has 0 bridgehead atoms. The smallest absolute Gasteiger partial charge is 0.382 e. The van der Waals surface area contributed by atoms with E-state index >= 15 is 0 Å². The number of pyridine rings is 1. The molecule has 23 heteroatoms. The number of aliphatic hydroxyl groups excluding tert-OH is 1. The molecule has 4 aromatic rings. The van der Waals surface area contributed by atoms with Crippen LogP contribution in [0, 0.1) is 0 Å². The Balaban J connectivity index is 1.57. The van der Waals surface area contributed by atoms with Crippen LogP contribution < -0.4 is 11.0 Å². The molecule has 15 nitrogen and oxygen atoms in total. The van der Waals surface area contributed by atoms with E-state index in [0.717, 1.165) is 9.58 Å². The largest absolute Gasteiger partial charge is 0.416 e. The first-order valence-corrected chi connectivity index (χ1v) is 17.0. The minimum atomic E-state index is -5.10. The third-order valence-corrected chi connectivity index (χ3v) is 9.31. The Morgan fingerprint density at radius 1 is 1.02 bits per heavy atom. The molecular weight excluding hydrogens is 740 g/mol. The number of nitrogens with zero attached hydrogens (tertiary/aromatic N) is 8. The first-order valence-electron chi connectivity index (χ1n) is 14.8. The summed E-state index contributed by atoms with van der Waals surface area (Å²) in [6.45, 7) is -3.21. The second-order valence-corrected chi connectivity index (χ2v) is 13.9. The van der Waals surface area contributed by atoms with Crippen LogP contribution in [0.2, 0.25) is 5.02 Å². The van der Waals surface area contributed by atoms with Crippen LogP contribution in [-0.2, 0) is 22.9 Å². The van der Waals surface area contributed by atoms with Crippen LogP contribution in [0.15, 0.2) is 47.4 Å². The molecule has 2 amide bonds. The van der Waals surface area contributed by atoms with Gasteiger partial charge in [0.05, 0.1) is 30.0 Å². The predicted octanol–water partition coefficient (Wildman–Crippen LogP) is 1.87. The van der Waals surface area contributed by atoms with Crippen molar-refractivity contribution in [1.82, 2.24) is 44.3 Å². The van der Waals surface area contributed by atoms with E-state index in [1.54, 1.807) is 0 Å². The van der Waals surface area contributed by atoms with Gasteiger partial charge in [-0.2, -0.15) is 31.0 Å². The quantitative estimate of drug-likeness (QED) is 0.226. The van der Waals surface area contributed by atoms with Crippen LogP contribution in [0.4, 0.5) is 26.3 Å². The lowest BCUT2D eigenvalue weighted by Crippen LogP contribution is -2.44. The molecular formula is C28H26ClF6N9O6S. The average molecular weight is 766 g/mol. The predicted molar refractivity (Wildman–Crippen MR) is 165 cm³/mol. The van der Waals surface area contributed by atoms with Gasteiger partial charge in [0.1, 0.15) is 6.54 Å². The monoisotopic (exact) mass is 765 g/mol. The van der Waals surface area contributed by atoms with Crippen molar-refractivity contribution >= 4 is 33.3 Å². The van der Waals surface area contributed by atoms with Crippen LogP contribution in [0.3, 0.4) is 0 Å². The first kappa shape index (κ1) is 37.4. The minimum Gasteiger partial charge on any atom is -0.382 e. The van der Waals surface area contributed by atoms with Gasteiger partial charge in [-0.1, -0.05) is 11.6 Å². The first-order chi connectivity index (χ1) is 23.8. The number of halogens is 7. The van der Waals surface area contributed by atoms with Crippen molar-refractivity contribution in [3.8, 4) is 17.2 Å². The molecule has 51 heavy (non-hydrogen) atoms. The van der Waals surface area contributed by atoms with Crippen molar-refractivity contribution in [3.05, 3.63) is 75.3 Å². The Bertz CT molecular complexity index is 2080. The number of aliphatic hydroxyl groups is 1. The molecule has 5 rings (SSSR count). The summed E-state index contributed by atoms with van der Waals surface area (Å²) in [4.78, 5) is 49.5.